The number of anilines is 1. The van der Waals surface area contributed by atoms with Crippen LogP contribution in [0, 0.1) is 0 Å². The first-order valence-electron chi connectivity index (χ1n) is 10.00. The third kappa shape index (κ3) is 5.59. The van der Waals surface area contributed by atoms with Gasteiger partial charge in [-0.25, -0.2) is 9.59 Å². The Bertz CT molecular complexity index is 950. The average molecular weight is 431 g/mol. The number of methoxy groups -OCH3 is 2. The molecule has 0 fully saturated rings. The highest BCUT2D eigenvalue weighted by Gasteiger charge is 2.29. The molecule has 3 N–H and O–H groups in total. The van der Waals surface area contributed by atoms with E-state index in [9.17, 15) is 9.59 Å². The van der Waals surface area contributed by atoms with Gasteiger partial charge in [0.2, 0.25) is 0 Å². The van der Waals surface area contributed by atoms with E-state index in [0.29, 0.717) is 43.4 Å². The lowest BCUT2D eigenvalue weighted by atomic mass is 10.1. The number of H-pyrrole nitrogens is 1. The normalized spacial score (nSPS) is 13.3. The highest BCUT2D eigenvalue weighted by Crippen LogP contribution is 2.28. The topological polar surface area (TPSA) is 118 Å². The molecule has 3 rings (SSSR count). The number of rotatable bonds is 5. The molecule has 168 valence electrons. The smallest absolute Gasteiger partial charge is 0.410 e. The lowest BCUT2D eigenvalue weighted by molar-refractivity contribution is 0.0224. The van der Waals surface area contributed by atoms with Crippen LogP contribution in [0.4, 0.5) is 15.4 Å². The van der Waals surface area contributed by atoms with Crippen molar-refractivity contribution in [2.75, 3.05) is 26.1 Å². The second-order valence-electron chi connectivity index (χ2n) is 8.18. The van der Waals surface area contributed by atoms with Crippen LogP contribution in [-0.2, 0) is 24.2 Å². The molecular formula is C21H29N5O5. The molecule has 0 aliphatic carbocycles. The number of hydrogen-bond acceptors (Lipinski definition) is 6. The van der Waals surface area contributed by atoms with E-state index in [4.69, 9.17) is 14.2 Å². The average Bonchev–Trinajstić information content (AvgIpc) is 3.12. The predicted octanol–water partition coefficient (Wildman–Crippen LogP) is 3.04. The zero-order valence-corrected chi connectivity index (χ0v) is 18.5. The van der Waals surface area contributed by atoms with Gasteiger partial charge in [-0.3, -0.25) is 10.4 Å². The van der Waals surface area contributed by atoms with Crippen molar-refractivity contribution in [2.24, 2.45) is 0 Å². The Morgan fingerprint density at radius 3 is 2.61 bits per heavy atom. The number of nitrogens with zero attached hydrogens (tertiary/aromatic N) is 2. The number of ether oxygens (including phenoxy) is 3. The Morgan fingerprint density at radius 1 is 1.19 bits per heavy atom. The van der Waals surface area contributed by atoms with Gasteiger partial charge in [0.25, 0.3) is 0 Å². The summed E-state index contributed by atoms with van der Waals surface area (Å²) < 4.78 is 15.9. The van der Waals surface area contributed by atoms with E-state index in [1.54, 1.807) is 31.3 Å². The molecule has 1 aliphatic heterocycles. The van der Waals surface area contributed by atoms with Gasteiger partial charge in [0.1, 0.15) is 5.60 Å². The number of aromatic amines is 1. The number of nitrogens with one attached hydrogen (secondary N) is 3. The van der Waals surface area contributed by atoms with Crippen LogP contribution < -0.4 is 20.1 Å². The summed E-state index contributed by atoms with van der Waals surface area (Å²) in [7, 11) is 3.13. The molecule has 10 nitrogen and oxygen atoms in total. The molecular weight excluding hydrogens is 402 g/mol. The van der Waals surface area contributed by atoms with Crippen LogP contribution in [0.5, 0.6) is 11.5 Å². The van der Waals surface area contributed by atoms with E-state index in [1.165, 1.54) is 0 Å². The van der Waals surface area contributed by atoms with Crippen molar-refractivity contribution >= 4 is 17.9 Å². The largest absolute Gasteiger partial charge is 0.493 e. The zero-order valence-electron chi connectivity index (χ0n) is 18.5. The first kappa shape index (κ1) is 22.3. The molecule has 0 saturated heterocycles. The Labute approximate surface area is 181 Å². The maximum absolute atomic E-state index is 12.4. The molecule has 3 amide bonds. The number of fused-ring (bicyclic) bond motifs is 1. The summed E-state index contributed by atoms with van der Waals surface area (Å²) in [6.45, 7) is 6.61. The van der Waals surface area contributed by atoms with Crippen molar-refractivity contribution in [3.63, 3.8) is 0 Å². The molecule has 0 unspecified atom stereocenters. The molecule has 0 atom stereocenters. The minimum atomic E-state index is -0.571. The van der Waals surface area contributed by atoms with Crippen LogP contribution in [0.3, 0.4) is 0 Å². The third-order valence-electron chi connectivity index (χ3n) is 4.72. The number of urea groups is 1. The van der Waals surface area contributed by atoms with Gasteiger partial charge in [0, 0.05) is 30.8 Å². The summed E-state index contributed by atoms with van der Waals surface area (Å²) in [5, 5.41) is 12.7. The number of carbonyl (C=O) groups is 2. The van der Waals surface area contributed by atoms with Crippen LogP contribution >= 0.6 is 0 Å². The second-order valence-corrected chi connectivity index (χ2v) is 8.18. The Kier molecular flexibility index (Phi) is 6.57. The number of benzene rings is 1. The van der Waals surface area contributed by atoms with Crippen molar-refractivity contribution < 1.29 is 23.8 Å². The standard InChI is InChI=1S/C21H29N5O5/c1-21(2,3)31-20(28)26-9-8-15-14(12-26)18(25-24-15)23-19(27)22-11-13-6-7-16(29-4)17(10-13)30-5/h6-7,10H,8-9,11-12H2,1-5H3,(H3,22,23,24,25,27). The molecule has 10 heteroatoms. The number of carbonyl (C=O) groups excluding carboxylic acids is 2. The van der Waals surface area contributed by atoms with Crippen LogP contribution in [0.2, 0.25) is 0 Å². The molecule has 0 spiro atoms. The van der Waals surface area contributed by atoms with Gasteiger partial charge in [-0.2, -0.15) is 5.10 Å². The van der Waals surface area contributed by atoms with E-state index >= 15 is 0 Å². The van der Waals surface area contributed by atoms with Gasteiger partial charge in [-0.05, 0) is 38.5 Å². The second kappa shape index (κ2) is 9.15. The molecule has 31 heavy (non-hydrogen) atoms. The monoisotopic (exact) mass is 431 g/mol. The van der Waals surface area contributed by atoms with Crippen molar-refractivity contribution in [2.45, 2.75) is 45.9 Å². The van der Waals surface area contributed by atoms with Gasteiger partial charge >= 0.3 is 12.1 Å². The maximum atomic E-state index is 12.4. The van der Waals surface area contributed by atoms with Gasteiger partial charge in [0.15, 0.2) is 17.3 Å². The van der Waals surface area contributed by atoms with Crippen molar-refractivity contribution in [1.29, 1.82) is 0 Å². The molecule has 1 aromatic carbocycles. The van der Waals surface area contributed by atoms with Gasteiger partial charge in [-0.15, -0.1) is 0 Å². The number of hydrogen-bond donors (Lipinski definition) is 3. The molecule has 1 aliphatic rings. The molecule has 2 heterocycles. The maximum Gasteiger partial charge on any atom is 0.410 e. The minimum absolute atomic E-state index is 0.294. The Balaban J connectivity index is 1.60. The highest BCUT2D eigenvalue weighted by molar-refractivity contribution is 5.89. The molecule has 0 saturated carbocycles. The zero-order chi connectivity index (χ0) is 22.6. The Morgan fingerprint density at radius 2 is 1.94 bits per heavy atom. The lowest BCUT2D eigenvalue weighted by Crippen LogP contribution is -2.40. The van der Waals surface area contributed by atoms with Crippen LogP contribution in [0.1, 0.15) is 37.6 Å². The fourth-order valence-electron chi connectivity index (χ4n) is 3.21. The number of amides is 3. The van der Waals surface area contributed by atoms with Crippen LogP contribution in [0.15, 0.2) is 18.2 Å². The quantitative estimate of drug-likeness (QED) is 0.670. The summed E-state index contributed by atoms with van der Waals surface area (Å²) >= 11 is 0. The van der Waals surface area contributed by atoms with E-state index in [1.807, 2.05) is 26.8 Å². The lowest BCUT2D eigenvalue weighted by Gasteiger charge is -2.30. The van der Waals surface area contributed by atoms with Gasteiger partial charge < -0.3 is 24.4 Å². The predicted molar refractivity (Wildman–Crippen MR) is 114 cm³/mol. The van der Waals surface area contributed by atoms with Crippen molar-refractivity contribution in [3.05, 3.63) is 35.0 Å². The van der Waals surface area contributed by atoms with Crippen molar-refractivity contribution in [3.8, 4) is 11.5 Å². The van der Waals surface area contributed by atoms with E-state index in [-0.39, 0.29) is 6.09 Å². The minimum Gasteiger partial charge on any atom is -0.493 e. The van der Waals surface area contributed by atoms with E-state index in [0.717, 1.165) is 16.8 Å². The highest BCUT2D eigenvalue weighted by atomic mass is 16.6. The van der Waals surface area contributed by atoms with E-state index < -0.39 is 11.6 Å². The summed E-state index contributed by atoms with van der Waals surface area (Å²) in [4.78, 5) is 26.4. The molecule has 1 aromatic heterocycles. The first-order valence-corrected chi connectivity index (χ1v) is 10.00. The van der Waals surface area contributed by atoms with Crippen LogP contribution in [0.25, 0.3) is 0 Å². The summed E-state index contributed by atoms with van der Waals surface area (Å²) in [6, 6.07) is 5.02. The van der Waals surface area contributed by atoms with Crippen LogP contribution in [-0.4, -0.2) is 53.6 Å². The van der Waals surface area contributed by atoms with E-state index in [2.05, 4.69) is 20.8 Å². The molecule has 0 bridgehead atoms. The fourth-order valence-corrected chi connectivity index (χ4v) is 3.21. The number of aromatic nitrogens is 2. The SMILES string of the molecule is COc1ccc(CNC(=O)Nc2n[nH]c3c2CN(C(=O)OC(C)(C)C)CC3)cc1OC. The first-order chi connectivity index (χ1) is 14.7. The van der Waals surface area contributed by atoms with Crippen molar-refractivity contribution in [1.82, 2.24) is 20.4 Å². The fraction of sp³-hybridized carbons (Fsp3) is 0.476. The molecule has 2 aromatic rings. The summed E-state index contributed by atoms with van der Waals surface area (Å²) in [5.41, 5.74) is 1.96. The summed E-state index contributed by atoms with van der Waals surface area (Å²) in [6.07, 6.45) is 0.222. The molecule has 0 radical (unpaired) electrons. The Hall–Kier alpha value is -3.43. The van der Waals surface area contributed by atoms with Gasteiger partial charge in [-0.1, -0.05) is 6.07 Å². The summed E-state index contributed by atoms with van der Waals surface area (Å²) in [5.74, 6) is 1.60. The third-order valence-corrected chi connectivity index (χ3v) is 4.72. The van der Waals surface area contributed by atoms with Gasteiger partial charge in [0.05, 0.1) is 20.8 Å².